The highest BCUT2D eigenvalue weighted by atomic mass is 35.5. The Morgan fingerprint density at radius 3 is 2.48 bits per heavy atom. The Labute approximate surface area is 129 Å². The average Bonchev–Trinajstić information content (AvgIpc) is 2.49. The summed E-state index contributed by atoms with van der Waals surface area (Å²) in [6.45, 7) is 2.38. The number of aromatic hydroxyl groups is 1. The largest absolute Gasteiger partial charge is 0.505 e. The Hall–Kier alpha value is -1.91. The van der Waals surface area contributed by atoms with Gasteiger partial charge >= 0.3 is 0 Å². The van der Waals surface area contributed by atoms with E-state index in [4.69, 9.17) is 26.8 Å². The third-order valence-corrected chi connectivity index (χ3v) is 3.39. The Bertz CT molecular complexity index is 614. The summed E-state index contributed by atoms with van der Waals surface area (Å²) in [4.78, 5) is 0. The predicted octanol–water partition coefficient (Wildman–Crippen LogP) is 3.76. The molecule has 0 heterocycles. The Balaban J connectivity index is 2.47. The molecule has 2 aromatic rings. The van der Waals surface area contributed by atoms with Gasteiger partial charge in [-0.1, -0.05) is 23.7 Å². The summed E-state index contributed by atoms with van der Waals surface area (Å²) in [6, 6.07) is 10.6. The normalized spacial score (nSPS) is 12.1. The van der Waals surface area contributed by atoms with Crippen LogP contribution < -0.4 is 10.5 Å². The lowest BCUT2D eigenvalue weighted by Gasteiger charge is -2.20. The maximum Gasteiger partial charge on any atom is 0.144 e. The fourth-order valence-corrected chi connectivity index (χ4v) is 2.39. The minimum absolute atomic E-state index is 0.00586. The van der Waals surface area contributed by atoms with Gasteiger partial charge in [0.25, 0.3) is 0 Å². The molecule has 1 atom stereocenters. The first-order chi connectivity index (χ1) is 10.1. The second-order valence-corrected chi connectivity index (χ2v) is 4.98. The second kappa shape index (κ2) is 6.70. The van der Waals surface area contributed by atoms with Crippen molar-refractivity contribution in [2.75, 3.05) is 19.5 Å². The number of rotatable bonds is 5. The molecule has 0 fully saturated rings. The number of phenols is 1. The Kier molecular flexibility index (Phi) is 4.94. The number of phenolic OH excluding ortho intramolecular Hbond substituents is 1. The van der Waals surface area contributed by atoms with Crippen molar-refractivity contribution in [1.82, 2.24) is 0 Å². The molecule has 0 bridgehead atoms. The van der Waals surface area contributed by atoms with Gasteiger partial charge in [0.05, 0.1) is 12.8 Å². The molecular formula is C16H18ClNO3. The third kappa shape index (κ3) is 3.40. The average molecular weight is 308 g/mol. The van der Waals surface area contributed by atoms with Gasteiger partial charge < -0.3 is 20.3 Å². The number of methoxy groups -OCH3 is 1. The molecule has 2 rings (SSSR count). The van der Waals surface area contributed by atoms with Gasteiger partial charge in [-0.2, -0.15) is 0 Å². The Morgan fingerprint density at radius 2 is 1.90 bits per heavy atom. The number of anilines is 1. The number of benzene rings is 2. The van der Waals surface area contributed by atoms with Crippen molar-refractivity contribution < 1.29 is 14.6 Å². The van der Waals surface area contributed by atoms with Gasteiger partial charge in [0.1, 0.15) is 17.6 Å². The van der Waals surface area contributed by atoms with E-state index in [2.05, 4.69) is 0 Å². The second-order valence-electron chi connectivity index (χ2n) is 4.54. The van der Waals surface area contributed by atoms with Crippen LogP contribution in [-0.2, 0) is 4.74 Å². The van der Waals surface area contributed by atoms with E-state index in [-0.39, 0.29) is 11.4 Å². The highest BCUT2D eigenvalue weighted by Gasteiger charge is 2.20. The maximum atomic E-state index is 10.2. The molecule has 0 radical (unpaired) electrons. The molecule has 0 aliphatic rings. The highest BCUT2D eigenvalue weighted by molar-refractivity contribution is 6.31. The van der Waals surface area contributed by atoms with Crippen molar-refractivity contribution in [2.24, 2.45) is 0 Å². The first-order valence-corrected chi connectivity index (χ1v) is 6.98. The summed E-state index contributed by atoms with van der Waals surface area (Å²) in [7, 11) is 1.61. The zero-order chi connectivity index (χ0) is 15.4. The van der Waals surface area contributed by atoms with Crippen LogP contribution in [0.15, 0.2) is 36.4 Å². The molecule has 0 aromatic heterocycles. The summed E-state index contributed by atoms with van der Waals surface area (Å²) in [6.07, 6.45) is -0.443. The highest BCUT2D eigenvalue weighted by Crippen LogP contribution is 2.38. The van der Waals surface area contributed by atoms with Gasteiger partial charge in [-0.15, -0.1) is 0 Å². The van der Waals surface area contributed by atoms with Crippen LogP contribution in [0.4, 0.5) is 5.69 Å². The first kappa shape index (κ1) is 15.5. The Morgan fingerprint density at radius 1 is 1.24 bits per heavy atom. The van der Waals surface area contributed by atoms with E-state index in [0.717, 1.165) is 11.3 Å². The molecule has 0 aliphatic heterocycles. The zero-order valence-electron chi connectivity index (χ0n) is 12.0. The monoisotopic (exact) mass is 307 g/mol. The predicted molar refractivity (Wildman–Crippen MR) is 84.0 cm³/mol. The van der Waals surface area contributed by atoms with Crippen LogP contribution in [0.2, 0.25) is 5.02 Å². The summed E-state index contributed by atoms with van der Waals surface area (Å²) < 4.78 is 10.9. The summed E-state index contributed by atoms with van der Waals surface area (Å²) in [5, 5.41) is 10.6. The standard InChI is InChI=1S/C16H18ClNO3/c1-3-21-16(10-4-6-12(20-2)7-5-10)13-8-11(17)9-14(18)15(13)19/h4-9,16,19H,3,18H2,1-2H3. The fourth-order valence-electron chi connectivity index (χ4n) is 2.15. The molecule has 0 saturated carbocycles. The summed E-state index contributed by atoms with van der Waals surface area (Å²) >= 11 is 6.03. The van der Waals surface area contributed by atoms with Gasteiger partial charge in [0.15, 0.2) is 0 Å². The number of hydrogen-bond acceptors (Lipinski definition) is 4. The molecule has 1 unspecified atom stereocenters. The molecule has 21 heavy (non-hydrogen) atoms. The molecule has 0 saturated heterocycles. The van der Waals surface area contributed by atoms with E-state index < -0.39 is 6.10 Å². The SMILES string of the molecule is CCOC(c1ccc(OC)cc1)c1cc(Cl)cc(N)c1O. The number of nitrogens with two attached hydrogens (primary N) is 1. The number of ether oxygens (including phenoxy) is 2. The van der Waals surface area contributed by atoms with E-state index in [0.29, 0.717) is 17.2 Å². The van der Waals surface area contributed by atoms with Crippen molar-refractivity contribution in [2.45, 2.75) is 13.0 Å². The smallest absolute Gasteiger partial charge is 0.144 e. The fraction of sp³-hybridized carbons (Fsp3) is 0.250. The third-order valence-electron chi connectivity index (χ3n) is 3.17. The van der Waals surface area contributed by atoms with E-state index in [1.54, 1.807) is 13.2 Å². The van der Waals surface area contributed by atoms with E-state index in [9.17, 15) is 5.11 Å². The van der Waals surface area contributed by atoms with Gasteiger partial charge in [0, 0.05) is 17.2 Å². The van der Waals surface area contributed by atoms with Crippen molar-refractivity contribution in [3.63, 3.8) is 0 Å². The van der Waals surface area contributed by atoms with Gasteiger partial charge in [-0.25, -0.2) is 0 Å². The molecule has 0 aliphatic carbocycles. The topological polar surface area (TPSA) is 64.7 Å². The van der Waals surface area contributed by atoms with Gasteiger partial charge in [-0.05, 0) is 36.8 Å². The van der Waals surface area contributed by atoms with Crippen molar-refractivity contribution in [1.29, 1.82) is 0 Å². The quantitative estimate of drug-likeness (QED) is 0.652. The molecule has 5 heteroatoms. The van der Waals surface area contributed by atoms with Crippen molar-refractivity contribution in [3.8, 4) is 11.5 Å². The lowest BCUT2D eigenvalue weighted by molar-refractivity contribution is 0.0895. The van der Waals surface area contributed by atoms with Crippen LogP contribution >= 0.6 is 11.6 Å². The number of hydrogen-bond donors (Lipinski definition) is 2. The van der Waals surface area contributed by atoms with Crippen LogP contribution in [0.25, 0.3) is 0 Å². The lowest BCUT2D eigenvalue weighted by atomic mass is 9.99. The van der Waals surface area contributed by atoms with E-state index in [1.807, 2.05) is 31.2 Å². The van der Waals surface area contributed by atoms with Gasteiger partial charge in [-0.3, -0.25) is 0 Å². The van der Waals surface area contributed by atoms with E-state index >= 15 is 0 Å². The van der Waals surface area contributed by atoms with Crippen LogP contribution in [0.1, 0.15) is 24.2 Å². The van der Waals surface area contributed by atoms with E-state index in [1.165, 1.54) is 6.07 Å². The van der Waals surface area contributed by atoms with Crippen LogP contribution in [0.5, 0.6) is 11.5 Å². The number of halogens is 1. The van der Waals surface area contributed by atoms with Crippen molar-refractivity contribution in [3.05, 3.63) is 52.5 Å². The first-order valence-electron chi connectivity index (χ1n) is 6.60. The van der Waals surface area contributed by atoms with Gasteiger partial charge in [0.2, 0.25) is 0 Å². The minimum Gasteiger partial charge on any atom is -0.505 e. The maximum absolute atomic E-state index is 10.2. The minimum atomic E-state index is -0.443. The molecule has 3 N–H and O–H groups in total. The molecule has 112 valence electrons. The van der Waals surface area contributed by atoms with Crippen LogP contribution in [0.3, 0.4) is 0 Å². The zero-order valence-corrected chi connectivity index (χ0v) is 12.7. The van der Waals surface area contributed by atoms with Crippen molar-refractivity contribution >= 4 is 17.3 Å². The lowest BCUT2D eigenvalue weighted by Crippen LogP contribution is -2.07. The molecular weight excluding hydrogens is 290 g/mol. The molecule has 2 aromatic carbocycles. The molecule has 0 amide bonds. The van der Waals surface area contributed by atoms with Crippen LogP contribution in [0, 0.1) is 0 Å². The summed E-state index contributed by atoms with van der Waals surface area (Å²) in [5.74, 6) is 0.748. The molecule has 0 spiro atoms. The molecule has 4 nitrogen and oxygen atoms in total. The summed E-state index contributed by atoms with van der Waals surface area (Å²) in [5.41, 5.74) is 7.43. The van der Waals surface area contributed by atoms with Crippen LogP contribution in [-0.4, -0.2) is 18.8 Å². The number of nitrogen functional groups attached to an aromatic ring is 1.